The van der Waals surface area contributed by atoms with E-state index in [0.29, 0.717) is 6.01 Å². The van der Waals surface area contributed by atoms with Crippen molar-refractivity contribution in [1.29, 1.82) is 0 Å². The summed E-state index contributed by atoms with van der Waals surface area (Å²) in [5.41, 5.74) is 0. The largest absolute Gasteiger partial charge is 0.338 e. The van der Waals surface area contributed by atoms with E-state index in [1.807, 2.05) is 0 Å². The number of anilines is 1. The van der Waals surface area contributed by atoms with Crippen LogP contribution in [0.15, 0.2) is 10.9 Å². The molecular formula is C6H11N3O. The molecule has 0 unspecified atom stereocenters. The van der Waals surface area contributed by atoms with Crippen molar-refractivity contribution in [1.82, 2.24) is 10.1 Å². The molecule has 4 heteroatoms. The summed E-state index contributed by atoms with van der Waals surface area (Å²) in [6.07, 6.45) is 3.68. The van der Waals surface area contributed by atoms with Gasteiger partial charge in [-0.25, -0.2) is 0 Å². The van der Waals surface area contributed by atoms with E-state index >= 15 is 0 Å². The van der Waals surface area contributed by atoms with Gasteiger partial charge in [-0.05, 0) is 6.42 Å². The highest BCUT2D eigenvalue weighted by Crippen LogP contribution is 1.97. The predicted molar refractivity (Wildman–Crippen MR) is 37.7 cm³/mol. The minimum absolute atomic E-state index is 0.508. The van der Waals surface area contributed by atoms with Crippen LogP contribution >= 0.6 is 0 Å². The Bertz CT molecular complexity index is 162. The highest BCUT2D eigenvalue weighted by atomic mass is 16.5. The van der Waals surface area contributed by atoms with Crippen molar-refractivity contribution in [2.75, 3.05) is 11.9 Å². The maximum atomic E-state index is 4.71. The third-order valence-corrected chi connectivity index (χ3v) is 1.17. The van der Waals surface area contributed by atoms with Crippen LogP contribution in [-0.4, -0.2) is 16.7 Å². The topological polar surface area (TPSA) is 51.0 Å². The number of hydrogen-bond acceptors (Lipinski definition) is 4. The van der Waals surface area contributed by atoms with Crippen LogP contribution in [0.2, 0.25) is 0 Å². The molecule has 1 N–H and O–H groups in total. The van der Waals surface area contributed by atoms with Gasteiger partial charge in [-0.2, -0.15) is 4.98 Å². The molecule has 0 aliphatic heterocycles. The minimum atomic E-state index is 0.508. The third-order valence-electron chi connectivity index (χ3n) is 1.17. The number of hydrogen-bond donors (Lipinski definition) is 1. The number of aromatic nitrogens is 2. The molecular weight excluding hydrogens is 130 g/mol. The molecule has 1 aromatic rings. The van der Waals surface area contributed by atoms with Gasteiger partial charge in [0.05, 0.1) is 0 Å². The summed E-state index contributed by atoms with van der Waals surface area (Å²) in [4.78, 5) is 3.80. The lowest BCUT2D eigenvalue weighted by molar-refractivity contribution is 0.429. The molecule has 1 rings (SSSR count). The normalized spacial score (nSPS) is 9.70. The van der Waals surface area contributed by atoms with Gasteiger partial charge in [0.15, 0.2) is 6.33 Å². The zero-order valence-electron chi connectivity index (χ0n) is 6.00. The van der Waals surface area contributed by atoms with Crippen molar-refractivity contribution < 1.29 is 4.52 Å². The summed E-state index contributed by atoms with van der Waals surface area (Å²) in [5, 5.41) is 6.44. The lowest BCUT2D eigenvalue weighted by Gasteiger charge is -1.95. The molecule has 0 saturated carbocycles. The first-order chi connectivity index (χ1) is 4.93. The Balaban J connectivity index is 2.15. The molecule has 0 radical (unpaired) electrons. The van der Waals surface area contributed by atoms with Gasteiger partial charge < -0.3 is 9.84 Å². The van der Waals surface area contributed by atoms with Crippen LogP contribution in [0.3, 0.4) is 0 Å². The highest BCUT2D eigenvalue weighted by molar-refractivity contribution is 5.14. The van der Waals surface area contributed by atoms with Gasteiger partial charge in [0.25, 0.3) is 0 Å². The second kappa shape index (κ2) is 3.87. The van der Waals surface area contributed by atoms with Crippen molar-refractivity contribution in [3.63, 3.8) is 0 Å². The molecule has 56 valence electrons. The fraction of sp³-hybridized carbons (Fsp3) is 0.667. The van der Waals surface area contributed by atoms with Crippen LogP contribution in [0.5, 0.6) is 0 Å². The van der Waals surface area contributed by atoms with Crippen molar-refractivity contribution in [3.05, 3.63) is 6.33 Å². The van der Waals surface area contributed by atoms with Gasteiger partial charge >= 0.3 is 6.01 Å². The van der Waals surface area contributed by atoms with E-state index in [1.54, 1.807) is 0 Å². The smallest absolute Gasteiger partial charge is 0.321 e. The summed E-state index contributed by atoms with van der Waals surface area (Å²) in [6, 6.07) is 0.508. The predicted octanol–water partition coefficient (Wildman–Crippen LogP) is 1.28. The summed E-state index contributed by atoms with van der Waals surface area (Å²) in [7, 11) is 0. The first-order valence-electron chi connectivity index (χ1n) is 3.44. The van der Waals surface area contributed by atoms with Crippen molar-refractivity contribution in [3.8, 4) is 0 Å². The van der Waals surface area contributed by atoms with Crippen molar-refractivity contribution in [2.24, 2.45) is 0 Å². The number of unbranched alkanes of at least 4 members (excludes halogenated alkanes) is 1. The molecule has 0 fully saturated rings. The van der Waals surface area contributed by atoms with Gasteiger partial charge in [0.2, 0.25) is 0 Å². The minimum Gasteiger partial charge on any atom is -0.338 e. The quantitative estimate of drug-likeness (QED) is 0.642. The van der Waals surface area contributed by atoms with Crippen LogP contribution in [0.1, 0.15) is 19.8 Å². The van der Waals surface area contributed by atoms with Gasteiger partial charge in [-0.15, -0.1) is 0 Å². The fourth-order valence-electron chi connectivity index (χ4n) is 0.623. The molecule has 0 amide bonds. The number of rotatable bonds is 4. The fourth-order valence-corrected chi connectivity index (χ4v) is 0.623. The third kappa shape index (κ3) is 2.05. The summed E-state index contributed by atoms with van der Waals surface area (Å²) in [5.74, 6) is 0. The van der Waals surface area contributed by atoms with E-state index < -0.39 is 0 Å². The Hall–Kier alpha value is -1.06. The number of nitrogens with zero attached hydrogens (tertiary/aromatic N) is 2. The van der Waals surface area contributed by atoms with Crippen LogP contribution in [-0.2, 0) is 0 Å². The molecule has 0 aliphatic carbocycles. The summed E-state index contributed by atoms with van der Waals surface area (Å²) >= 11 is 0. The Labute approximate surface area is 59.6 Å². The molecule has 0 aliphatic rings. The SMILES string of the molecule is CCCCNc1ncno1. The first kappa shape index (κ1) is 7.05. The molecule has 1 heterocycles. The van der Waals surface area contributed by atoms with Gasteiger partial charge in [-0.3, -0.25) is 0 Å². The molecule has 4 nitrogen and oxygen atoms in total. The second-order valence-electron chi connectivity index (χ2n) is 2.03. The van der Waals surface area contributed by atoms with Crippen LogP contribution in [0.25, 0.3) is 0 Å². The Morgan fingerprint density at radius 2 is 2.60 bits per heavy atom. The second-order valence-corrected chi connectivity index (χ2v) is 2.03. The zero-order valence-corrected chi connectivity index (χ0v) is 6.00. The lowest BCUT2D eigenvalue weighted by Crippen LogP contribution is -2.00. The monoisotopic (exact) mass is 141 g/mol. The van der Waals surface area contributed by atoms with Gasteiger partial charge in [-0.1, -0.05) is 18.5 Å². The molecule has 0 spiro atoms. The zero-order chi connectivity index (χ0) is 7.23. The van der Waals surface area contributed by atoms with Crippen LogP contribution in [0, 0.1) is 0 Å². The van der Waals surface area contributed by atoms with E-state index in [-0.39, 0.29) is 0 Å². The Morgan fingerprint density at radius 3 is 3.20 bits per heavy atom. The Kier molecular flexibility index (Phi) is 2.73. The van der Waals surface area contributed by atoms with E-state index in [2.05, 4.69) is 22.4 Å². The molecule has 0 atom stereocenters. The summed E-state index contributed by atoms with van der Waals surface area (Å²) in [6.45, 7) is 3.04. The van der Waals surface area contributed by atoms with E-state index in [0.717, 1.165) is 13.0 Å². The van der Waals surface area contributed by atoms with E-state index in [4.69, 9.17) is 4.52 Å². The molecule has 0 aromatic carbocycles. The Morgan fingerprint density at radius 1 is 1.70 bits per heavy atom. The standard InChI is InChI=1S/C6H11N3O/c1-2-3-4-7-6-8-5-9-10-6/h5H,2-4H2,1H3,(H,7,8,9). The van der Waals surface area contributed by atoms with Crippen molar-refractivity contribution >= 4 is 6.01 Å². The maximum Gasteiger partial charge on any atom is 0.321 e. The van der Waals surface area contributed by atoms with Crippen molar-refractivity contribution in [2.45, 2.75) is 19.8 Å². The average Bonchev–Trinajstić information content (AvgIpc) is 2.41. The molecule has 0 bridgehead atoms. The maximum absolute atomic E-state index is 4.71. The van der Waals surface area contributed by atoms with E-state index in [9.17, 15) is 0 Å². The van der Waals surface area contributed by atoms with Crippen LogP contribution in [0.4, 0.5) is 6.01 Å². The van der Waals surface area contributed by atoms with Gasteiger partial charge in [0, 0.05) is 6.54 Å². The molecule has 0 saturated heterocycles. The van der Waals surface area contributed by atoms with Crippen LogP contribution < -0.4 is 5.32 Å². The summed E-state index contributed by atoms with van der Waals surface area (Å²) < 4.78 is 4.71. The number of nitrogens with one attached hydrogen (secondary N) is 1. The van der Waals surface area contributed by atoms with E-state index in [1.165, 1.54) is 12.7 Å². The van der Waals surface area contributed by atoms with Gasteiger partial charge in [0.1, 0.15) is 0 Å². The highest BCUT2D eigenvalue weighted by Gasteiger charge is 1.93. The molecule has 1 aromatic heterocycles. The first-order valence-corrected chi connectivity index (χ1v) is 3.44. The molecule has 10 heavy (non-hydrogen) atoms. The lowest BCUT2D eigenvalue weighted by atomic mass is 10.3. The average molecular weight is 141 g/mol.